The molecule has 2 aromatic heterocycles. The lowest BCUT2D eigenvalue weighted by Crippen LogP contribution is -2.57. The summed E-state index contributed by atoms with van der Waals surface area (Å²) >= 11 is 0. The molecule has 0 spiro atoms. The molecule has 2 N–H and O–H groups in total. The lowest BCUT2D eigenvalue weighted by Gasteiger charge is -2.45. The molecule has 0 bridgehead atoms. The molecule has 2 aliphatic heterocycles. The molecule has 10 nitrogen and oxygen atoms in total. The maximum absolute atomic E-state index is 12.3. The van der Waals surface area contributed by atoms with Gasteiger partial charge in [0.05, 0.1) is 12.2 Å². The van der Waals surface area contributed by atoms with Gasteiger partial charge in [-0.05, 0) is 32.6 Å². The van der Waals surface area contributed by atoms with E-state index in [0.29, 0.717) is 42.4 Å². The van der Waals surface area contributed by atoms with E-state index in [0.717, 1.165) is 31.5 Å². The highest BCUT2D eigenvalue weighted by Gasteiger charge is 2.41. The normalized spacial score (nSPS) is 21.6. The van der Waals surface area contributed by atoms with Crippen LogP contribution >= 0.6 is 0 Å². The van der Waals surface area contributed by atoms with Crippen LogP contribution in [0.15, 0.2) is 18.6 Å². The highest BCUT2D eigenvalue weighted by molar-refractivity contribution is 6.21. The van der Waals surface area contributed by atoms with E-state index in [1.165, 1.54) is 12.8 Å². The van der Waals surface area contributed by atoms with Crippen molar-refractivity contribution in [1.29, 1.82) is 10.8 Å². The molecule has 1 aliphatic carbocycles. The molecule has 0 aromatic carbocycles. The van der Waals surface area contributed by atoms with E-state index < -0.39 is 0 Å². The van der Waals surface area contributed by atoms with Crippen molar-refractivity contribution in [1.82, 2.24) is 19.5 Å². The van der Waals surface area contributed by atoms with E-state index in [-0.39, 0.29) is 17.8 Å². The first kappa shape index (κ1) is 20.6. The average Bonchev–Trinajstić information content (AvgIpc) is 3.53. The number of fused-ring (bicyclic) bond motifs is 1. The number of nitrogens with zero attached hydrogens (tertiary/aromatic N) is 7. The van der Waals surface area contributed by atoms with Crippen molar-refractivity contribution in [2.24, 2.45) is 0 Å². The van der Waals surface area contributed by atoms with Gasteiger partial charge in [0.1, 0.15) is 17.4 Å². The van der Waals surface area contributed by atoms with Gasteiger partial charge in [0, 0.05) is 31.4 Å². The number of amides is 1. The molecule has 1 amide bonds. The number of nitrogens with one attached hydrogen (secondary N) is 2. The fourth-order valence-corrected chi connectivity index (χ4v) is 5.25. The summed E-state index contributed by atoms with van der Waals surface area (Å²) in [7, 11) is 0. The van der Waals surface area contributed by atoms with E-state index >= 15 is 0 Å². The molecule has 32 heavy (non-hydrogen) atoms. The Labute approximate surface area is 187 Å². The van der Waals surface area contributed by atoms with Crippen molar-refractivity contribution >= 4 is 35.0 Å². The Morgan fingerprint density at radius 3 is 2.66 bits per heavy atom. The van der Waals surface area contributed by atoms with Gasteiger partial charge in [-0.2, -0.15) is 4.98 Å². The zero-order valence-electron chi connectivity index (χ0n) is 18.6. The van der Waals surface area contributed by atoms with Crippen molar-refractivity contribution in [3.63, 3.8) is 0 Å². The summed E-state index contributed by atoms with van der Waals surface area (Å²) in [5.41, 5.74) is 0.668. The largest absolute Gasteiger partial charge is 0.342 e. The third-order valence-electron chi connectivity index (χ3n) is 6.71. The fraction of sp³-hybridized carbons (Fsp3) is 0.545. The van der Waals surface area contributed by atoms with Crippen LogP contribution in [-0.2, 0) is 4.79 Å². The second kappa shape index (κ2) is 7.99. The average molecular weight is 436 g/mol. The van der Waals surface area contributed by atoms with Crippen molar-refractivity contribution in [2.75, 3.05) is 21.2 Å². The van der Waals surface area contributed by atoms with Crippen LogP contribution in [0.5, 0.6) is 0 Å². The van der Waals surface area contributed by atoms with E-state index in [2.05, 4.69) is 21.8 Å². The molecule has 4 heterocycles. The monoisotopic (exact) mass is 435 g/mol. The molecule has 0 unspecified atom stereocenters. The first-order valence-electron chi connectivity index (χ1n) is 11.4. The molecular weight excluding hydrogens is 406 g/mol. The second-order valence-corrected chi connectivity index (χ2v) is 8.70. The predicted molar refractivity (Wildman–Crippen MR) is 123 cm³/mol. The van der Waals surface area contributed by atoms with Gasteiger partial charge in [-0.15, -0.1) is 0 Å². The quantitative estimate of drug-likeness (QED) is 0.563. The molecule has 2 fully saturated rings. The zero-order chi connectivity index (χ0) is 22.4. The number of carbonyl (C=O) groups excluding carboxylic acids is 1. The van der Waals surface area contributed by atoms with E-state index in [9.17, 15) is 4.79 Å². The van der Waals surface area contributed by atoms with Gasteiger partial charge < -0.3 is 4.90 Å². The molecule has 0 radical (unpaired) electrons. The standard InChI is InChI=1S/C22H29N9O/c1-3-16-19(24)30(14(2)23)17-13-26-21(27-20(17)31(16)15-7-4-5-8-15)29-12-10-25-22(29)28-11-6-9-18(28)32/h10,12-13,15-16,23-24H,3-9,11H2,1-2H3/t16-/m1/s1. The highest BCUT2D eigenvalue weighted by Crippen LogP contribution is 2.40. The summed E-state index contributed by atoms with van der Waals surface area (Å²) < 4.78 is 1.76. The molecule has 2 aromatic rings. The number of amidine groups is 2. The summed E-state index contributed by atoms with van der Waals surface area (Å²) in [5.74, 6) is 2.49. The van der Waals surface area contributed by atoms with E-state index in [4.69, 9.17) is 15.8 Å². The van der Waals surface area contributed by atoms with Gasteiger partial charge in [-0.3, -0.25) is 30.0 Å². The van der Waals surface area contributed by atoms with Gasteiger partial charge in [-0.25, -0.2) is 9.97 Å². The van der Waals surface area contributed by atoms with Gasteiger partial charge >= 0.3 is 0 Å². The molecule has 3 aliphatic rings. The van der Waals surface area contributed by atoms with Crippen molar-refractivity contribution < 1.29 is 4.79 Å². The Hall–Kier alpha value is -3.30. The SMILES string of the molecule is CC[C@@H]1C(=N)N(C(C)=N)c2cnc(-n3ccnc3N3CCCC3=O)nc2N1C1CCCC1. The number of hydrogen-bond acceptors (Lipinski definition) is 7. The number of imidazole rings is 1. The lowest BCUT2D eigenvalue weighted by atomic mass is 10.0. The van der Waals surface area contributed by atoms with Crippen LogP contribution in [0.4, 0.5) is 17.5 Å². The summed E-state index contributed by atoms with van der Waals surface area (Å²) in [4.78, 5) is 31.9. The van der Waals surface area contributed by atoms with Crippen molar-refractivity contribution in [2.45, 2.75) is 70.9 Å². The zero-order valence-corrected chi connectivity index (χ0v) is 18.6. The van der Waals surface area contributed by atoms with Gasteiger partial charge in [0.2, 0.25) is 17.8 Å². The number of aromatic nitrogens is 4. The van der Waals surface area contributed by atoms with Gasteiger partial charge in [-0.1, -0.05) is 19.8 Å². The van der Waals surface area contributed by atoms with Crippen LogP contribution in [0.25, 0.3) is 5.95 Å². The summed E-state index contributed by atoms with van der Waals surface area (Å²) in [5, 5.41) is 17.2. The third kappa shape index (κ3) is 3.16. The van der Waals surface area contributed by atoms with Gasteiger partial charge in [0.15, 0.2) is 5.82 Å². The Bertz CT molecular complexity index is 1070. The van der Waals surface area contributed by atoms with Crippen LogP contribution in [0.1, 0.15) is 58.8 Å². The Morgan fingerprint density at radius 2 is 2.00 bits per heavy atom. The minimum atomic E-state index is -0.143. The Balaban J connectivity index is 1.64. The molecular formula is C22H29N9O. The van der Waals surface area contributed by atoms with Crippen LogP contribution in [0, 0.1) is 10.8 Å². The van der Waals surface area contributed by atoms with Crippen molar-refractivity contribution in [3.8, 4) is 5.95 Å². The highest BCUT2D eigenvalue weighted by atomic mass is 16.2. The van der Waals surface area contributed by atoms with Gasteiger partial charge in [0.25, 0.3) is 0 Å². The lowest BCUT2D eigenvalue weighted by molar-refractivity contribution is -0.117. The minimum Gasteiger partial charge on any atom is -0.342 e. The van der Waals surface area contributed by atoms with E-state index in [1.54, 1.807) is 39.9 Å². The topological polar surface area (TPSA) is 118 Å². The fourth-order valence-electron chi connectivity index (χ4n) is 5.25. The maximum Gasteiger partial charge on any atom is 0.238 e. The number of anilines is 3. The van der Waals surface area contributed by atoms with Crippen LogP contribution in [-0.4, -0.2) is 55.7 Å². The molecule has 168 valence electrons. The molecule has 1 saturated carbocycles. The number of rotatable bonds is 4. The Morgan fingerprint density at radius 1 is 1.22 bits per heavy atom. The summed E-state index contributed by atoms with van der Waals surface area (Å²) in [6.07, 6.45) is 11.8. The molecule has 1 atom stereocenters. The van der Waals surface area contributed by atoms with E-state index in [1.807, 2.05) is 0 Å². The smallest absolute Gasteiger partial charge is 0.238 e. The summed E-state index contributed by atoms with van der Waals surface area (Å²) in [6, 6.07) is 0.175. The third-order valence-corrected chi connectivity index (χ3v) is 6.71. The second-order valence-electron chi connectivity index (χ2n) is 8.70. The van der Waals surface area contributed by atoms with Crippen molar-refractivity contribution in [3.05, 3.63) is 18.6 Å². The molecule has 1 saturated heterocycles. The maximum atomic E-state index is 12.3. The van der Waals surface area contributed by atoms with Crippen LogP contribution < -0.4 is 14.7 Å². The number of carbonyl (C=O) groups is 1. The summed E-state index contributed by atoms with van der Waals surface area (Å²) in [6.45, 7) is 4.42. The minimum absolute atomic E-state index is 0.0630. The molecule has 10 heteroatoms. The van der Waals surface area contributed by atoms with Crippen LogP contribution in [0.2, 0.25) is 0 Å². The first-order chi connectivity index (χ1) is 15.5. The number of hydrogen-bond donors (Lipinski definition) is 2. The molecule has 5 rings (SSSR count). The Kier molecular flexibility index (Phi) is 5.15. The first-order valence-corrected chi connectivity index (χ1v) is 11.4. The van der Waals surface area contributed by atoms with Crippen LogP contribution in [0.3, 0.4) is 0 Å². The predicted octanol–water partition coefficient (Wildman–Crippen LogP) is 3.11.